The number of anilines is 2. The molecule has 7 rings (SSSR count). The summed E-state index contributed by atoms with van der Waals surface area (Å²) in [7, 11) is 0. The first kappa shape index (κ1) is 34.6. The van der Waals surface area contributed by atoms with Crippen molar-refractivity contribution in [3.8, 4) is 11.6 Å². The maximum Gasteiger partial charge on any atom is 0.258 e. The summed E-state index contributed by atoms with van der Waals surface area (Å²) in [6, 6.07) is 5.41. The molecule has 3 aromatic heterocycles. The highest BCUT2D eigenvalue weighted by molar-refractivity contribution is 6.42. The summed E-state index contributed by atoms with van der Waals surface area (Å²) >= 11 is 12.4. The lowest BCUT2D eigenvalue weighted by molar-refractivity contribution is -0.133. The van der Waals surface area contributed by atoms with Crippen molar-refractivity contribution in [2.24, 2.45) is 0 Å². The average Bonchev–Trinajstić information content (AvgIpc) is 3.76. The second-order valence-corrected chi connectivity index (χ2v) is 14.5. The van der Waals surface area contributed by atoms with Crippen molar-refractivity contribution in [3.05, 3.63) is 57.1 Å². The van der Waals surface area contributed by atoms with Gasteiger partial charge in [-0.3, -0.25) is 9.69 Å². The Morgan fingerprint density at radius 3 is 2.18 bits per heavy atom. The molecule has 0 saturated carbocycles. The topological polar surface area (TPSA) is 126 Å². The molecule has 0 N–H and O–H groups in total. The van der Waals surface area contributed by atoms with Gasteiger partial charge in [0.1, 0.15) is 5.69 Å². The van der Waals surface area contributed by atoms with Gasteiger partial charge in [-0.15, -0.1) is 5.10 Å². The van der Waals surface area contributed by atoms with Crippen molar-refractivity contribution < 1.29 is 9.53 Å². The molecule has 0 spiro atoms. The van der Waals surface area contributed by atoms with Crippen LogP contribution in [0.1, 0.15) is 55.8 Å². The standard InChI is InChI=1S/C34H44Cl2N12O2/c1-23-26(24(2)48(41-23)25-8-9-27(35)28(36)20-25)21-30(49)43-12-14-46(15-13-43)34(3,4)29-22-47(42-40-29)33-38-31(44-10-6-5-7-11-44)37-32(39-33)45-16-18-50-19-17-45/h8-9,20,22H,5-7,10-19,21H2,1-4H3. The molecule has 3 aliphatic heterocycles. The molecular formula is C34H44Cl2N12O2. The molecule has 3 aliphatic rings. The van der Waals surface area contributed by atoms with Crippen LogP contribution in [-0.2, 0) is 21.5 Å². The van der Waals surface area contributed by atoms with Crippen LogP contribution in [0.5, 0.6) is 0 Å². The van der Waals surface area contributed by atoms with Gasteiger partial charge in [-0.1, -0.05) is 28.4 Å². The van der Waals surface area contributed by atoms with Gasteiger partial charge >= 0.3 is 0 Å². The Morgan fingerprint density at radius 1 is 0.840 bits per heavy atom. The van der Waals surface area contributed by atoms with Crippen molar-refractivity contribution in [1.29, 1.82) is 0 Å². The number of carbonyl (C=O) groups excluding carboxylic acids is 1. The number of hydrogen-bond donors (Lipinski definition) is 0. The molecular weight excluding hydrogens is 679 g/mol. The van der Waals surface area contributed by atoms with Crippen LogP contribution in [0, 0.1) is 13.8 Å². The number of benzene rings is 1. The van der Waals surface area contributed by atoms with Crippen LogP contribution in [0.25, 0.3) is 11.6 Å². The highest BCUT2D eigenvalue weighted by Crippen LogP contribution is 2.30. The van der Waals surface area contributed by atoms with Crippen molar-refractivity contribution >= 4 is 41.0 Å². The number of aryl methyl sites for hydroxylation is 1. The van der Waals surface area contributed by atoms with Gasteiger partial charge in [-0.05, 0) is 65.2 Å². The number of nitrogens with zero attached hydrogens (tertiary/aromatic N) is 12. The molecule has 4 aromatic rings. The summed E-state index contributed by atoms with van der Waals surface area (Å²) in [6.45, 7) is 15.5. The Morgan fingerprint density at radius 2 is 1.50 bits per heavy atom. The zero-order valence-corrected chi connectivity index (χ0v) is 30.7. The molecule has 14 nitrogen and oxygen atoms in total. The van der Waals surface area contributed by atoms with E-state index in [1.807, 2.05) is 35.7 Å². The Balaban J connectivity index is 1.03. The molecule has 50 heavy (non-hydrogen) atoms. The fourth-order valence-electron chi connectivity index (χ4n) is 6.97. The van der Waals surface area contributed by atoms with E-state index >= 15 is 0 Å². The molecule has 1 amide bonds. The molecule has 0 atom stereocenters. The monoisotopic (exact) mass is 722 g/mol. The molecule has 0 aliphatic carbocycles. The molecule has 0 bridgehead atoms. The maximum atomic E-state index is 13.6. The Kier molecular flexibility index (Phi) is 9.97. The molecule has 3 saturated heterocycles. The third-order valence-corrected chi connectivity index (χ3v) is 10.9. The van der Waals surface area contributed by atoms with E-state index in [0.29, 0.717) is 67.3 Å². The van der Waals surface area contributed by atoms with Gasteiger partial charge < -0.3 is 19.4 Å². The molecule has 16 heteroatoms. The third-order valence-electron chi connectivity index (χ3n) is 10.2. The number of piperazine rings is 1. The van der Waals surface area contributed by atoms with E-state index in [4.69, 9.17) is 48.0 Å². The quantitative estimate of drug-likeness (QED) is 0.262. The summed E-state index contributed by atoms with van der Waals surface area (Å²) in [5.41, 5.74) is 3.85. The third kappa shape index (κ3) is 7.03. The molecule has 0 radical (unpaired) electrons. The predicted molar refractivity (Wildman–Crippen MR) is 192 cm³/mol. The predicted octanol–water partition coefficient (Wildman–Crippen LogP) is 4.01. The van der Waals surface area contributed by atoms with Crippen LogP contribution < -0.4 is 9.80 Å². The van der Waals surface area contributed by atoms with E-state index in [1.54, 1.807) is 16.8 Å². The minimum atomic E-state index is -0.433. The smallest absolute Gasteiger partial charge is 0.258 e. The normalized spacial score (nSPS) is 17.8. The van der Waals surface area contributed by atoms with Crippen molar-refractivity contribution in [3.63, 3.8) is 0 Å². The fraction of sp³-hybridized carbons (Fsp3) is 0.559. The number of morpholine rings is 1. The van der Waals surface area contributed by atoms with E-state index < -0.39 is 5.54 Å². The van der Waals surface area contributed by atoms with Crippen LogP contribution in [0.2, 0.25) is 10.0 Å². The van der Waals surface area contributed by atoms with Gasteiger partial charge in [0.2, 0.25) is 17.8 Å². The number of amides is 1. The number of rotatable bonds is 8. The number of halogens is 2. The first-order valence-corrected chi connectivity index (χ1v) is 18.1. The summed E-state index contributed by atoms with van der Waals surface area (Å²) in [6.07, 6.45) is 5.68. The highest BCUT2D eigenvalue weighted by atomic mass is 35.5. The number of aromatic nitrogens is 8. The van der Waals surface area contributed by atoms with E-state index in [-0.39, 0.29) is 12.3 Å². The molecule has 1 aromatic carbocycles. The van der Waals surface area contributed by atoms with Gasteiger partial charge in [-0.25, -0.2) is 4.68 Å². The van der Waals surface area contributed by atoms with Gasteiger partial charge in [0.25, 0.3) is 5.95 Å². The highest BCUT2D eigenvalue weighted by Gasteiger charge is 2.35. The molecule has 3 fully saturated rings. The van der Waals surface area contributed by atoms with Crippen LogP contribution >= 0.6 is 23.2 Å². The number of ether oxygens (including phenoxy) is 1. The Labute approximate surface area is 302 Å². The largest absolute Gasteiger partial charge is 0.378 e. The Bertz CT molecular complexity index is 1800. The SMILES string of the molecule is Cc1nn(-c2ccc(Cl)c(Cl)c2)c(C)c1CC(=O)N1CCN(C(C)(C)c2cn(-c3nc(N4CCCCC4)nc(N4CCOCC4)n3)nn2)CC1. The van der Waals surface area contributed by atoms with Crippen molar-refractivity contribution in [1.82, 2.24) is 49.5 Å². The minimum absolute atomic E-state index is 0.0868. The maximum absolute atomic E-state index is 13.6. The zero-order chi connectivity index (χ0) is 35.0. The van der Waals surface area contributed by atoms with E-state index in [0.717, 1.165) is 67.4 Å². The number of carbonyl (C=O) groups is 1. The van der Waals surface area contributed by atoms with Crippen LogP contribution in [0.15, 0.2) is 24.4 Å². The lowest BCUT2D eigenvalue weighted by Gasteiger charge is -2.43. The molecule has 6 heterocycles. The summed E-state index contributed by atoms with van der Waals surface area (Å²) in [4.78, 5) is 36.8. The van der Waals surface area contributed by atoms with Crippen LogP contribution in [0.4, 0.5) is 11.9 Å². The number of piperidine rings is 1. The van der Waals surface area contributed by atoms with Crippen molar-refractivity contribution in [2.75, 3.05) is 75.4 Å². The second kappa shape index (κ2) is 14.4. The summed E-state index contributed by atoms with van der Waals surface area (Å²) in [5, 5.41) is 14.8. The van der Waals surface area contributed by atoms with Crippen LogP contribution in [-0.4, -0.2) is 121 Å². The summed E-state index contributed by atoms with van der Waals surface area (Å²) < 4.78 is 9.06. The summed E-state index contributed by atoms with van der Waals surface area (Å²) in [5.74, 6) is 1.87. The lowest BCUT2D eigenvalue weighted by Crippen LogP contribution is -2.54. The van der Waals surface area contributed by atoms with E-state index in [1.165, 1.54) is 6.42 Å². The second-order valence-electron chi connectivity index (χ2n) is 13.7. The van der Waals surface area contributed by atoms with Crippen molar-refractivity contribution in [2.45, 2.75) is 58.9 Å². The average molecular weight is 724 g/mol. The van der Waals surface area contributed by atoms with Gasteiger partial charge in [0.05, 0.1) is 52.8 Å². The van der Waals surface area contributed by atoms with E-state index in [2.05, 4.69) is 38.9 Å². The van der Waals surface area contributed by atoms with Gasteiger partial charge in [0.15, 0.2) is 0 Å². The van der Waals surface area contributed by atoms with Gasteiger partial charge in [0, 0.05) is 63.6 Å². The molecule has 266 valence electrons. The van der Waals surface area contributed by atoms with E-state index in [9.17, 15) is 4.79 Å². The Hall–Kier alpha value is -3.85. The fourth-order valence-corrected chi connectivity index (χ4v) is 7.26. The zero-order valence-electron chi connectivity index (χ0n) is 29.1. The molecule has 0 unspecified atom stereocenters. The first-order chi connectivity index (χ1) is 24.1. The minimum Gasteiger partial charge on any atom is -0.378 e. The van der Waals surface area contributed by atoms with Crippen LogP contribution in [0.3, 0.4) is 0 Å². The number of hydrogen-bond acceptors (Lipinski definition) is 11. The first-order valence-electron chi connectivity index (χ1n) is 17.4. The van der Waals surface area contributed by atoms with Gasteiger partial charge in [-0.2, -0.15) is 24.7 Å². The lowest BCUT2D eigenvalue weighted by atomic mass is 9.97.